The largest absolute Gasteiger partial charge is 0.490 e. The molecule has 12 heterocycles. The number of fused-ring (bicyclic) bond motifs is 10. The topological polar surface area (TPSA) is 320 Å². The lowest BCUT2D eigenvalue weighted by molar-refractivity contribution is -0.164. The summed E-state index contributed by atoms with van der Waals surface area (Å²) in [7, 11) is 0. The smallest absolute Gasteiger partial charge is 0.307 e. The molecular weight excluding hydrogens is 1790 g/mol. The summed E-state index contributed by atoms with van der Waals surface area (Å²) in [5.41, 5.74) is 9.90. The van der Waals surface area contributed by atoms with Crippen LogP contribution >= 0.6 is 0 Å². The number of pyridine rings is 4. The molecule has 31 nitrogen and oxygen atoms in total. The first-order valence-corrected chi connectivity index (χ1v) is 51.4. The summed E-state index contributed by atoms with van der Waals surface area (Å²) in [5, 5.41) is 36.1. The van der Waals surface area contributed by atoms with Gasteiger partial charge in [-0.3, -0.25) is 28.4 Å². The first kappa shape index (κ1) is 111. The number of benzene rings is 2. The quantitative estimate of drug-likeness (QED) is 0.0252. The van der Waals surface area contributed by atoms with Gasteiger partial charge in [0.15, 0.2) is 11.2 Å². The first-order valence-electron chi connectivity index (χ1n) is 51.4. The zero-order chi connectivity index (χ0) is 101. The molecule has 8 aromatic heterocycles. The predicted molar refractivity (Wildman–Crippen MR) is 548 cm³/mol. The second-order valence-electron chi connectivity index (χ2n) is 41.1. The molecule has 6 atom stereocenters. The fraction of sp³-hybridized carbons (Fsp3) is 0.627. The Kier molecular flexibility index (Phi) is 40.6. The van der Waals surface area contributed by atoms with Gasteiger partial charge in [-0.25, -0.2) is 14.6 Å². The van der Waals surface area contributed by atoms with Crippen molar-refractivity contribution in [3.8, 4) is 22.8 Å². The fourth-order valence-electron chi connectivity index (χ4n) is 19.6. The molecule has 0 fully saturated rings. The highest BCUT2D eigenvalue weighted by atomic mass is 16.6. The number of aromatic nitrogens is 16. The van der Waals surface area contributed by atoms with Gasteiger partial charge in [-0.15, -0.1) is 20.4 Å². The summed E-state index contributed by atoms with van der Waals surface area (Å²) in [4.78, 5) is 51.0. The lowest BCUT2D eigenvalue weighted by atomic mass is 9.79. The Morgan fingerprint density at radius 1 is 0.454 bits per heavy atom. The summed E-state index contributed by atoms with van der Waals surface area (Å²) in [6, 6.07) is 24.2. The van der Waals surface area contributed by atoms with E-state index in [0.29, 0.717) is 176 Å². The number of nitrogens with zero attached hydrogens (tertiary/aromatic N) is 16. The number of unbranched alkanes of at least 4 members (excludes halogenated alkanes) is 2. The number of carbonyl (C=O) groups excluding carboxylic acids is 1. The lowest BCUT2D eigenvalue weighted by Gasteiger charge is -2.39. The first-order chi connectivity index (χ1) is 67.2. The van der Waals surface area contributed by atoms with Crippen molar-refractivity contribution in [2.75, 3.05) is 72.7 Å². The summed E-state index contributed by atoms with van der Waals surface area (Å²) in [6.45, 7) is 62.3. The third-order valence-corrected chi connectivity index (χ3v) is 27.7. The van der Waals surface area contributed by atoms with Crippen molar-refractivity contribution in [2.24, 2.45) is 39.4 Å². The highest BCUT2D eigenvalue weighted by molar-refractivity contribution is 5.85. The van der Waals surface area contributed by atoms with Gasteiger partial charge in [-0.1, -0.05) is 167 Å². The van der Waals surface area contributed by atoms with Crippen molar-refractivity contribution in [1.29, 1.82) is 0 Å². The summed E-state index contributed by atoms with van der Waals surface area (Å²) < 4.78 is 85.1. The van der Waals surface area contributed by atoms with E-state index >= 15 is 0 Å². The summed E-state index contributed by atoms with van der Waals surface area (Å²) >= 11 is 0. The third kappa shape index (κ3) is 28.3. The minimum absolute atomic E-state index is 0. The number of rotatable bonds is 55. The Morgan fingerprint density at radius 2 is 0.844 bits per heavy atom. The molecule has 0 radical (unpaired) electrons. The van der Waals surface area contributed by atoms with E-state index < -0.39 is 11.2 Å². The Labute approximate surface area is 835 Å². The van der Waals surface area contributed by atoms with Crippen molar-refractivity contribution in [1.82, 2.24) is 79.1 Å². The van der Waals surface area contributed by atoms with Gasteiger partial charge in [0.25, 0.3) is 11.1 Å². The number of aryl methyl sites for hydroxylation is 3. The van der Waals surface area contributed by atoms with Crippen LogP contribution in [0.15, 0.2) is 132 Å². The highest BCUT2D eigenvalue weighted by Crippen LogP contribution is 2.48. The SMILES string of the molecule is C.C=C1OCc2c(cc3n(c2=O)Cc2cc4ccccc4nc2-3)[C@]1(CC)OC(=O)CCCCCn1cc(COCC(CC)(COC(C)C)CC(C)C)nn1.C=C1OCc2c(cc3n(c2=O)Cc2cc4ccccc4nc2-3)[C@]1(CC)OCn1cc(COCC(CC)(COC(C)C)CC(C)C)nn1.CCn1cc(CCOCC(CC)(COCC(CC)(COCCc2cn(CC)nn2)CC(C)C)COC(C)C)nn1. The average molecular weight is 1950 g/mol. The van der Waals surface area contributed by atoms with Crippen LogP contribution in [0.5, 0.6) is 0 Å². The molecule has 10 aromatic rings. The molecule has 4 aliphatic rings. The minimum atomic E-state index is -1.26. The molecule has 2 aromatic carbocycles. The fourth-order valence-corrected chi connectivity index (χ4v) is 19.6. The van der Waals surface area contributed by atoms with Crippen molar-refractivity contribution in [2.45, 2.75) is 338 Å². The molecule has 0 saturated heterocycles. The Morgan fingerprint density at radius 3 is 1.29 bits per heavy atom. The monoisotopic (exact) mass is 1950 g/mol. The maximum atomic E-state index is 13.9. The lowest BCUT2D eigenvalue weighted by Crippen LogP contribution is -2.42. The van der Waals surface area contributed by atoms with Gasteiger partial charge in [0, 0.05) is 106 Å². The van der Waals surface area contributed by atoms with E-state index in [1.807, 2.05) is 113 Å². The van der Waals surface area contributed by atoms with E-state index in [-0.39, 0.29) is 90.9 Å². The van der Waals surface area contributed by atoms with Crippen LogP contribution in [0.25, 0.3) is 44.6 Å². The molecule has 772 valence electrons. The van der Waals surface area contributed by atoms with Gasteiger partial charge >= 0.3 is 5.97 Å². The van der Waals surface area contributed by atoms with Crippen molar-refractivity contribution in [3.63, 3.8) is 0 Å². The predicted octanol–water partition coefficient (Wildman–Crippen LogP) is 20.2. The van der Waals surface area contributed by atoms with Crippen molar-refractivity contribution < 1.29 is 61.6 Å². The molecule has 0 aliphatic carbocycles. The second-order valence-corrected chi connectivity index (χ2v) is 41.1. The Bertz CT molecular complexity index is 5830. The summed E-state index contributed by atoms with van der Waals surface area (Å²) in [5.74, 6) is 2.08. The van der Waals surface area contributed by atoms with E-state index in [9.17, 15) is 14.4 Å². The maximum absolute atomic E-state index is 13.9. The van der Waals surface area contributed by atoms with E-state index in [4.69, 9.17) is 66.8 Å². The van der Waals surface area contributed by atoms with E-state index in [2.05, 4.69) is 191 Å². The molecule has 0 saturated carbocycles. The van der Waals surface area contributed by atoms with Crippen LogP contribution in [0.4, 0.5) is 0 Å². The van der Waals surface area contributed by atoms with Gasteiger partial charge in [0.05, 0.1) is 186 Å². The molecular formula is C110H162N16O15. The van der Waals surface area contributed by atoms with Gasteiger partial charge < -0.3 is 66.0 Å². The van der Waals surface area contributed by atoms with Gasteiger partial charge in [0.2, 0.25) is 0 Å². The standard InChI is InChI=1S/C42H55N5O6.C37H47N5O5.C30H56N6O4.CH4/c1-8-41(21-28(3)4,27-52-29(5)6)26-50-24-33-23-46(45-44-33)18-14-10-11-17-38(48)53-42(9-2)30(7)51-25-34-35(42)20-37-39-32(22-47(37)40(34)49)19-31-15-12-13-16-36(31)43-39;1-8-36(16-24(3)4,22-46-25(5)6)21-44-19-29-18-41(40-39-29)23-47-37(9-2)26(7)45-20-30-31(37)15-33-34-28(17-42(33)35(30)43)14-27-12-10-11-13-32(27)38-34;1-9-29(17-25(5)6,20-37-15-13-27-18-35(11-3)33-31-27)21-39-23-30(10-2,24-40-26(7)8)22-38-16-14-28-19-36(12-4)34-32-28;/h12-13,15-16,19-20,23,28-29H,7-11,14,17-18,21-22,24-27H2,1-6H3;10-15,18,24-25H,7-9,16-17,19-23H2,1-6H3;18-19,25-26H,9-17,20-24H2,1-8H3;1H4/t41?,42-;36?,37-;;/m11../s1. The molecule has 4 aliphatic heterocycles. The van der Waals surface area contributed by atoms with Gasteiger partial charge in [-0.2, -0.15) is 0 Å². The van der Waals surface area contributed by atoms with Gasteiger partial charge in [-0.05, 0) is 180 Å². The second kappa shape index (κ2) is 51.4. The van der Waals surface area contributed by atoms with E-state index in [0.717, 1.165) is 162 Å². The molecule has 0 amide bonds. The number of hydrogen-bond donors (Lipinski definition) is 0. The van der Waals surface area contributed by atoms with Crippen molar-refractivity contribution >= 4 is 27.8 Å². The molecule has 0 spiro atoms. The van der Waals surface area contributed by atoms with Crippen molar-refractivity contribution in [3.05, 3.63) is 199 Å². The minimum Gasteiger partial charge on any atom is -0.490 e. The van der Waals surface area contributed by atoms with Crippen LogP contribution in [0.1, 0.15) is 286 Å². The molecule has 0 bridgehead atoms. The number of esters is 1. The molecule has 14 rings (SSSR count). The average Bonchev–Trinajstić information content (AvgIpc) is 1.64. The number of para-hydroxylation sites is 2. The molecule has 0 N–H and O–H groups in total. The zero-order valence-corrected chi connectivity index (χ0v) is 87.4. The maximum Gasteiger partial charge on any atom is 0.307 e. The van der Waals surface area contributed by atoms with Crippen LogP contribution in [0.3, 0.4) is 0 Å². The highest BCUT2D eigenvalue weighted by Gasteiger charge is 2.48. The van der Waals surface area contributed by atoms with Crippen LogP contribution in [0.2, 0.25) is 0 Å². The molecule has 4 unspecified atom stereocenters. The normalized spacial score (nSPS) is 17.0. The van der Waals surface area contributed by atoms with E-state index in [1.54, 1.807) is 13.8 Å². The molecule has 141 heavy (non-hydrogen) atoms. The van der Waals surface area contributed by atoms with Crippen LogP contribution in [-0.4, -0.2) is 176 Å². The van der Waals surface area contributed by atoms with Crippen LogP contribution < -0.4 is 11.1 Å². The Balaban J connectivity index is 0.000000204. The van der Waals surface area contributed by atoms with E-state index in [1.165, 1.54) is 0 Å². The third-order valence-electron chi connectivity index (χ3n) is 27.7. The Hall–Kier alpha value is -10.1. The molecule has 31 heteroatoms. The summed E-state index contributed by atoms with van der Waals surface area (Å²) in [6.07, 6.45) is 20.1. The number of hydrogen-bond acceptors (Lipinski definition) is 25. The zero-order valence-electron chi connectivity index (χ0n) is 87.4. The number of carbonyl (C=O) groups is 1. The van der Waals surface area contributed by atoms with Crippen LogP contribution in [0, 0.1) is 39.4 Å². The number of ether oxygens (including phenoxy) is 12. The van der Waals surface area contributed by atoms with Gasteiger partial charge in [0.1, 0.15) is 42.9 Å². The van der Waals surface area contributed by atoms with Crippen LogP contribution in [-0.2, 0) is 152 Å².